The number of rotatable bonds is 18. The number of carboxylic acids is 1. The van der Waals surface area contributed by atoms with Crippen molar-refractivity contribution in [3.63, 3.8) is 0 Å². The van der Waals surface area contributed by atoms with Gasteiger partial charge in [-0.3, -0.25) is 15.1 Å². The van der Waals surface area contributed by atoms with Gasteiger partial charge >= 0.3 is 11.7 Å². The summed E-state index contributed by atoms with van der Waals surface area (Å²) in [4.78, 5) is 28.4. The number of aromatic nitrogens is 4. The monoisotopic (exact) mass is 762 g/mol. The second-order valence-corrected chi connectivity index (χ2v) is 12.3. The lowest BCUT2D eigenvalue weighted by molar-refractivity contribution is -0.140. The molecule has 0 aliphatic rings. The number of ether oxygens (including phenoxy) is 3. The molecule has 54 heavy (non-hydrogen) atoms. The highest BCUT2D eigenvalue weighted by Gasteiger charge is 2.19. The lowest BCUT2D eigenvalue weighted by Crippen LogP contribution is -2.39. The highest BCUT2D eigenvalue weighted by molar-refractivity contribution is 6.32. The average molecular weight is 763 g/mol. The Bertz CT molecular complexity index is 2310. The quantitative estimate of drug-likeness (QED) is 0.0692. The fraction of sp³-hybridized carbons (Fsp3) is 0.216. The lowest BCUT2D eigenvalue weighted by Gasteiger charge is -2.18. The lowest BCUT2D eigenvalue weighted by atomic mass is 10.0. The molecular weight excluding hydrogens is 730 g/mol. The van der Waals surface area contributed by atoms with Crippen LogP contribution in [-0.2, 0) is 24.6 Å². The Kier molecular flexibility index (Phi) is 12.3. The first-order valence-corrected chi connectivity index (χ1v) is 16.9. The summed E-state index contributed by atoms with van der Waals surface area (Å²) in [5.74, 6) is -1.47. The maximum absolute atomic E-state index is 15.9. The van der Waals surface area contributed by atoms with E-state index in [2.05, 4.69) is 30.9 Å². The standard InChI is InChI=1S/C37H33ClF2N6O8/c38-27-14-24(16-42-31(18-47)36(48)49)32(52-19-21-8-9-29-30(12-21)46-54-45-29)15-33(27)53-20-23-5-2-7-26(34(23)40)22-4-1-6-25(13-22)51-11-3-10-41-35-28(39)17-43-37(50)44-35/h1-2,4-9,12-15,17,31,42,47H,3,10-11,16,18-20H2,(H,48,49)(H2,41,43,44,50). The number of aliphatic hydroxyl groups is 1. The molecule has 0 fully saturated rings. The third-order valence-electron chi connectivity index (χ3n) is 8.11. The first-order chi connectivity index (χ1) is 26.2. The van der Waals surface area contributed by atoms with Gasteiger partial charge in [-0.05, 0) is 58.2 Å². The SMILES string of the molecule is O=C(O)C(CO)NCc1cc(Cl)c(OCc2cccc(-c3cccc(OCCCNc4[nH]c(=O)ncc4F)c3)c2F)cc1OCc1ccc2nonc2c1. The van der Waals surface area contributed by atoms with Gasteiger partial charge in [0, 0.05) is 35.8 Å². The van der Waals surface area contributed by atoms with E-state index in [0.717, 1.165) is 11.8 Å². The van der Waals surface area contributed by atoms with Gasteiger partial charge in [0.15, 0.2) is 5.82 Å². The van der Waals surface area contributed by atoms with Crippen molar-refractivity contribution >= 4 is 34.4 Å². The van der Waals surface area contributed by atoms with E-state index >= 15 is 4.39 Å². The predicted octanol–water partition coefficient (Wildman–Crippen LogP) is 5.48. The van der Waals surface area contributed by atoms with Crippen molar-refractivity contribution < 1.29 is 42.6 Å². The van der Waals surface area contributed by atoms with Crippen LogP contribution >= 0.6 is 11.6 Å². The van der Waals surface area contributed by atoms with Gasteiger partial charge < -0.3 is 29.7 Å². The summed E-state index contributed by atoms with van der Waals surface area (Å²) >= 11 is 6.59. The molecule has 14 nitrogen and oxygen atoms in total. The number of halogens is 3. The zero-order valence-electron chi connectivity index (χ0n) is 28.4. The van der Waals surface area contributed by atoms with Gasteiger partial charge in [-0.2, -0.15) is 4.98 Å². The van der Waals surface area contributed by atoms with Crippen LogP contribution in [0.3, 0.4) is 0 Å². The number of fused-ring (bicyclic) bond motifs is 1. The first kappa shape index (κ1) is 37.7. The molecule has 0 saturated carbocycles. The van der Waals surface area contributed by atoms with E-state index in [-0.39, 0.29) is 48.5 Å². The van der Waals surface area contributed by atoms with Crippen molar-refractivity contribution in [2.24, 2.45) is 0 Å². The summed E-state index contributed by atoms with van der Waals surface area (Å²) in [5.41, 5.74) is 2.81. The number of nitrogens with one attached hydrogen (secondary N) is 3. The van der Waals surface area contributed by atoms with Gasteiger partial charge in [-0.25, -0.2) is 18.2 Å². The maximum atomic E-state index is 15.9. The number of anilines is 1. The van der Waals surface area contributed by atoms with E-state index in [0.29, 0.717) is 52.2 Å². The van der Waals surface area contributed by atoms with Crippen LogP contribution in [0.4, 0.5) is 14.6 Å². The van der Waals surface area contributed by atoms with Crippen LogP contribution in [0.2, 0.25) is 5.02 Å². The zero-order valence-corrected chi connectivity index (χ0v) is 29.1. The third-order valence-corrected chi connectivity index (χ3v) is 8.41. The van der Waals surface area contributed by atoms with Crippen molar-refractivity contribution in [2.75, 3.05) is 25.1 Å². The predicted molar refractivity (Wildman–Crippen MR) is 193 cm³/mol. The maximum Gasteiger partial charge on any atom is 0.346 e. The van der Waals surface area contributed by atoms with Crippen LogP contribution < -0.4 is 30.5 Å². The molecule has 0 spiro atoms. The zero-order chi connectivity index (χ0) is 38.0. The minimum absolute atomic E-state index is 0.0108. The van der Waals surface area contributed by atoms with Gasteiger partial charge in [0.25, 0.3) is 0 Å². The number of hydrogen-bond acceptors (Lipinski definition) is 12. The van der Waals surface area contributed by atoms with Crippen LogP contribution in [0.15, 0.2) is 88.4 Å². The minimum atomic E-state index is -1.23. The second kappa shape index (κ2) is 17.6. The normalized spacial score (nSPS) is 11.7. The molecule has 6 rings (SSSR count). The molecule has 0 radical (unpaired) electrons. The Morgan fingerprint density at radius 1 is 0.944 bits per heavy atom. The number of aliphatic carboxylic acids is 1. The van der Waals surface area contributed by atoms with E-state index in [1.54, 1.807) is 66.7 Å². The highest BCUT2D eigenvalue weighted by Crippen LogP contribution is 2.35. The molecule has 6 aromatic rings. The summed E-state index contributed by atoms with van der Waals surface area (Å²) in [6, 6.07) is 19.0. The highest BCUT2D eigenvalue weighted by atomic mass is 35.5. The number of hydrogen-bond donors (Lipinski definition) is 5. The number of aromatic amines is 1. The first-order valence-electron chi connectivity index (χ1n) is 16.5. The average Bonchev–Trinajstić information content (AvgIpc) is 3.64. The van der Waals surface area contributed by atoms with Crippen LogP contribution in [0.25, 0.3) is 22.2 Å². The Labute approximate surface area is 310 Å². The number of H-pyrrole nitrogens is 1. The molecule has 0 bridgehead atoms. The Balaban J connectivity index is 1.13. The molecular formula is C37H33ClF2N6O8. The van der Waals surface area contributed by atoms with Gasteiger partial charge in [-0.1, -0.05) is 48.0 Å². The summed E-state index contributed by atoms with van der Waals surface area (Å²) < 4.78 is 52.4. The van der Waals surface area contributed by atoms with E-state index in [1.807, 2.05) is 0 Å². The molecule has 280 valence electrons. The number of nitrogens with zero attached hydrogens (tertiary/aromatic N) is 3. The molecule has 1 atom stereocenters. The van der Waals surface area contributed by atoms with E-state index in [4.69, 9.17) is 30.4 Å². The van der Waals surface area contributed by atoms with Crippen molar-refractivity contribution in [1.82, 2.24) is 25.6 Å². The fourth-order valence-corrected chi connectivity index (χ4v) is 5.55. The minimum Gasteiger partial charge on any atom is -0.494 e. The third kappa shape index (κ3) is 9.46. The Morgan fingerprint density at radius 2 is 1.76 bits per heavy atom. The summed E-state index contributed by atoms with van der Waals surface area (Å²) in [7, 11) is 0. The number of aliphatic hydroxyl groups excluding tert-OH is 1. The van der Waals surface area contributed by atoms with Crippen molar-refractivity contribution in [3.05, 3.63) is 123 Å². The van der Waals surface area contributed by atoms with Crippen molar-refractivity contribution in [2.45, 2.75) is 32.2 Å². The summed E-state index contributed by atoms with van der Waals surface area (Å²) in [6.45, 7) is -0.164. The molecule has 2 heterocycles. The molecule has 1 unspecified atom stereocenters. The van der Waals surface area contributed by atoms with Gasteiger partial charge in [-0.15, -0.1) is 0 Å². The van der Waals surface area contributed by atoms with E-state index in [1.165, 1.54) is 6.07 Å². The largest absolute Gasteiger partial charge is 0.494 e. The number of benzene rings is 4. The van der Waals surface area contributed by atoms with Crippen molar-refractivity contribution in [3.8, 4) is 28.4 Å². The van der Waals surface area contributed by atoms with Crippen molar-refractivity contribution in [1.29, 1.82) is 0 Å². The van der Waals surface area contributed by atoms with Crippen LogP contribution in [-0.4, -0.2) is 62.3 Å². The molecule has 4 aromatic carbocycles. The Morgan fingerprint density at radius 3 is 2.59 bits per heavy atom. The van der Waals surface area contributed by atoms with Crippen LogP contribution in [0.5, 0.6) is 17.2 Å². The molecule has 2 aromatic heterocycles. The summed E-state index contributed by atoms with van der Waals surface area (Å²) in [6.07, 6.45) is 1.31. The van der Waals surface area contributed by atoms with Crippen LogP contribution in [0.1, 0.15) is 23.1 Å². The van der Waals surface area contributed by atoms with E-state index in [9.17, 15) is 24.2 Å². The second-order valence-electron chi connectivity index (χ2n) is 11.9. The molecule has 0 amide bonds. The fourth-order valence-electron chi connectivity index (χ4n) is 5.31. The molecule has 0 saturated heterocycles. The topological polar surface area (TPSA) is 194 Å². The molecule has 5 N–H and O–H groups in total. The van der Waals surface area contributed by atoms with Crippen LogP contribution in [0, 0.1) is 11.6 Å². The Hall–Kier alpha value is -6.10. The molecule has 0 aliphatic carbocycles. The van der Waals surface area contributed by atoms with Gasteiger partial charge in [0.05, 0.1) is 24.4 Å². The van der Waals surface area contributed by atoms with Gasteiger partial charge in [0.2, 0.25) is 0 Å². The smallest absolute Gasteiger partial charge is 0.346 e. The van der Waals surface area contributed by atoms with E-state index < -0.39 is 35.9 Å². The number of carboxylic acid groups (broad SMARTS) is 1. The van der Waals surface area contributed by atoms with Gasteiger partial charge in [0.1, 0.15) is 59.2 Å². The number of carbonyl (C=O) groups is 1. The molecule has 0 aliphatic heterocycles. The molecule has 17 heteroatoms. The summed E-state index contributed by atoms with van der Waals surface area (Å²) in [5, 5.41) is 32.2.